The summed E-state index contributed by atoms with van der Waals surface area (Å²) in [7, 11) is 1.76. The molecule has 0 fully saturated rings. The van der Waals surface area contributed by atoms with Gasteiger partial charge in [-0.2, -0.15) is 5.10 Å². The van der Waals surface area contributed by atoms with Gasteiger partial charge in [-0.25, -0.2) is 9.50 Å². The summed E-state index contributed by atoms with van der Waals surface area (Å²) in [5, 5.41) is 4.48. The number of aromatic nitrogens is 3. The van der Waals surface area contributed by atoms with Crippen molar-refractivity contribution in [1.29, 1.82) is 0 Å². The molecule has 3 aromatic rings. The number of carbonyl (C=O) groups excluding carboxylic acids is 2. The van der Waals surface area contributed by atoms with Gasteiger partial charge in [-0.15, -0.1) is 0 Å². The number of benzene rings is 1. The minimum Gasteiger partial charge on any atom is -0.366 e. The van der Waals surface area contributed by atoms with Gasteiger partial charge in [0.1, 0.15) is 0 Å². The molecule has 0 unspecified atom stereocenters. The average molecular weight is 379 g/mol. The van der Waals surface area contributed by atoms with Crippen molar-refractivity contribution < 1.29 is 9.59 Å². The van der Waals surface area contributed by atoms with Crippen LogP contribution in [0, 0.1) is 20.8 Å². The second kappa shape index (κ2) is 7.80. The van der Waals surface area contributed by atoms with Crippen molar-refractivity contribution in [2.45, 2.75) is 40.2 Å². The molecule has 28 heavy (non-hydrogen) atoms. The molecule has 2 amide bonds. The predicted octanol–water partition coefficient (Wildman–Crippen LogP) is 2.34. The van der Waals surface area contributed by atoms with E-state index in [4.69, 9.17) is 5.73 Å². The van der Waals surface area contributed by atoms with Gasteiger partial charge in [-0.1, -0.05) is 12.1 Å². The van der Waals surface area contributed by atoms with E-state index in [-0.39, 0.29) is 5.91 Å². The van der Waals surface area contributed by atoms with Gasteiger partial charge in [0.15, 0.2) is 5.65 Å². The molecule has 0 atom stereocenters. The van der Waals surface area contributed by atoms with Gasteiger partial charge < -0.3 is 10.6 Å². The van der Waals surface area contributed by atoms with E-state index in [9.17, 15) is 9.59 Å². The van der Waals surface area contributed by atoms with E-state index >= 15 is 0 Å². The van der Waals surface area contributed by atoms with Crippen molar-refractivity contribution in [1.82, 2.24) is 19.5 Å². The van der Waals surface area contributed by atoms with Crippen LogP contribution in [-0.2, 0) is 17.8 Å². The van der Waals surface area contributed by atoms with E-state index in [2.05, 4.69) is 10.1 Å². The Kier molecular flexibility index (Phi) is 5.44. The van der Waals surface area contributed by atoms with Crippen LogP contribution in [0.15, 0.2) is 30.3 Å². The van der Waals surface area contributed by atoms with Gasteiger partial charge in [0.05, 0.1) is 5.69 Å². The minimum absolute atomic E-state index is 0.0278. The highest BCUT2D eigenvalue weighted by atomic mass is 16.2. The molecule has 2 aromatic heterocycles. The molecule has 2 N–H and O–H groups in total. The average Bonchev–Trinajstić information content (AvgIpc) is 3.01. The van der Waals surface area contributed by atoms with Crippen LogP contribution >= 0.6 is 0 Å². The summed E-state index contributed by atoms with van der Waals surface area (Å²) < 4.78 is 1.83. The number of rotatable bonds is 6. The summed E-state index contributed by atoms with van der Waals surface area (Å²) in [5.41, 5.74) is 11.4. The van der Waals surface area contributed by atoms with Crippen LogP contribution < -0.4 is 5.73 Å². The molecule has 0 aliphatic heterocycles. The fourth-order valence-corrected chi connectivity index (χ4v) is 3.41. The zero-order valence-corrected chi connectivity index (χ0v) is 16.7. The lowest BCUT2D eigenvalue weighted by molar-refractivity contribution is -0.130. The van der Waals surface area contributed by atoms with Crippen LogP contribution in [-0.4, -0.2) is 38.4 Å². The van der Waals surface area contributed by atoms with Crippen LogP contribution in [0.4, 0.5) is 0 Å². The van der Waals surface area contributed by atoms with Crippen molar-refractivity contribution in [2.75, 3.05) is 7.05 Å². The van der Waals surface area contributed by atoms with Crippen molar-refractivity contribution in [2.24, 2.45) is 5.73 Å². The summed E-state index contributed by atoms with van der Waals surface area (Å²) in [6.07, 6.45) is 0.977. The molecule has 0 aliphatic carbocycles. The van der Waals surface area contributed by atoms with Crippen LogP contribution in [0.5, 0.6) is 0 Å². The topological polar surface area (TPSA) is 93.6 Å². The maximum atomic E-state index is 12.6. The number of amides is 2. The molecule has 0 saturated carbocycles. The number of hydrogen-bond donors (Lipinski definition) is 1. The van der Waals surface area contributed by atoms with Gasteiger partial charge >= 0.3 is 0 Å². The predicted molar refractivity (Wildman–Crippen MR) is 107 cm³/mol. The van der Waals surface area contributed by atoms with E-state index in [1.807, 2.05) is 37.4 Å². The number of nitrogens with two attached hydrogens (primary N) is 1. The summed E-state index contributed by atoms with van der Waals surface area (Å²) in [6.45, 7) is 6.34. The first-order valence-electron chi connectivity index (χ1n) is 9.21. The molecule has 0 saturated heterocycles. The number of nitrogens with zero attached hydrogens (tertiary/aromatic N) is 4. The normalized spacial score (nSPS) is 11.0. The monoisotopic (exact) mass is 379 g/mol. The lowest BCUT2D eigenvalue weighted by atomic mass is 10.1. The molecular weight excluding hydrogens is 354 g/mol. The number of hydrogen-bond acceptors (Lipinski definition) is 4. The highest BCUT2D eigenvalue weighted by Crippen LogP contribution is 2.18. The Labute approximate surface area is 164 Å². The van der Waals surface area contributed by atoms with Crippen LogP contribution in [0.3, 0.4) is 0 Å². The highest BCUT2D eigenvalue weighted by Gasteiger charge is 2.15. The summed E-state index contributed by atoms with van der Waals surface area (Å²) in [6, 6.07) is 8.98. The van der Waals surface area contributed by atoms with E-state index in [1.54, 1.807) is 30.1 Å². The van der Waals surface area contributed by atoms with Gasteiger partial charge in [0.2, 0.25) is 11.8 Å². The first-order chi connectivity index (χ1) is 13.3. The molecular formula is C21H25N5O2. The van der Waals surface area contributed by atoms with Crippen LogP contribution in [0.2, 0.25) is 0 Å². The molecule has 0 radical (unpaired) electrons. The van der Waals surface area contributed by atoms with Crippen molar-refractivity contribution in [3.63, 3.8) is 0 Å². The Morgan fingerprint density at radius 3 is 2.64 bits per heavy atom. The first-order valence-corrected chi connectivity index (χ1v) is 9.21. The number of primary amides is 1. The van der Waals surface area contributed by atoms with Crippen molar-refractivity contribution in [3.05, 3.63) is 64.1 Å². The highest BCUT2D eigenvalue weighted by molar-refractivity contribution is 5.92. The SMILES string of the molecule is Cc1cc2nc(C)c(CCC(=O)N(C)Cc3cccc(C(N)=O)c3)c(C)n2n1. The van der Waals surface area contributed by atoms with Crippen molar-refractivity contribution in [3.8, 4) is 0 Å². The minimum atomic E-state index is -0.474. The molecule has 0 bridgehead atoms. The van der Waals surface area contributed by atoms with Crippen LogP contribution in [0.1, 0.15) is 45.0 Å². The van der Waals surface area contributed by atoms with E-state index in [1.165, 1.54) is 0 Å². The number of aryl methyl sites for hydroxylation is 3. The lowest BCUT2D eigenvalue weighted by Crippen LogP contribution is -2.27. The summed E-state index contributed by atoms with van der Waals surface area (Å²) >= 11 is 0. The maximum absolute atomic E-state index is 12.6. The molecule has 146 valence electrons. The molecule has 1 aromatic carbocycles. The molecule has 7 heteroatoms. The zero-order valence-electron chi connectivity index (χ0n) is 16.7. The van der Waals surface area contributed by atoms with Gasteiger partial charge in [0.25, 0.3) is 0 Å². The quantitative estimate of drug-likeness (QED) is 0.711. The maximum Gasteiger partial charge on any atom is 0.248 e. The molecule has 0 spiro atoms. The Hall–Kier alpha value is -3.22. The van der Waals surface area contributed by atoms with Gasteiger partial charge in [-0.3, -0.25) is 9.59 Å². The Morgan fingerprint density at radius 1 is 1.18 bits per heavy atom. The second-order valence-corrected chi connectivity index (χ2v) is 7.13. The molecule has 7 nitrogen and oxygen atoms in total. The fraction of sp³-hybridized carbons (Fsp3) is 0.333. The van der Waals surface area contributed by atoms with Crippen LogP contribution in [0.25, 0.3) is 5.65 Å². The number of carbonyl (C=O) groups is 2. The first kappa shape index (κ1) is 19.5. The van der Waals surface area contributed by atoms with Crippen molar-refractivity contribution >= 4 is 17.5 Å². The summed E-state index contributed by atoms with van der Waals surface area (Å²) in [4.78, 5) is 30.2. The fourth-order valence-electron chi connectivity index (χ4n) is 3.41. The standard InChI is InChI=1S/C21H25N5O2/c1-13-10-19-23-14(2)18(15(3)26(19)24-13)8-9-20(27)25(4)12-16-6-5-7-17(11-16)21(22)28/h5-7,10-11H,8-9,12H2,1-4H3,(H2,22,28). The zero-order chi connectivity index (χ0) is 20.4. The van der Waals surface area contributed by atoms with Gasteiger partial charge in [-0.05, 0) is 50.5 Å². The largest absolute Gasteiger partial charge is 0.366 e. The van der Waals surface area contributed by atoms with E-state index in [0.717, 1.165) is 33.9 Å². The number of fused-ring (bicyclic) bond motifs is 1. The summed E-state index contributed by atoms with van der Waals surface area (Å²) in [5.74, 6) is -0.446. The third kappa shape index (κ3) is 4.03. The van der Waals surface area contributed by atoms with E-state index < -0.39 is 5.91 Å². The third-order valence-corrected chi connectivity index (χ3v) is 4.93. The Morgan fingerprint density at radius 2 is 1.93 bits per heavy atom. The molecule has 2 heterocycles. The third-order valence-electron chi connectivity index (χ3n) is 4.93. The Balaban J connectivity index is 1.69. The van der Waals surface area contributed by atoms with Gasteiger partial charge in [0, 0.05) is 43.0 Å². The molecule has 0 aliphatic rings. The Bertz CT molecular complexity index is 1050. The second-order valence-electron chi connectivity index (χ2n) is 7.13. The smallest absolute Gasteiger partial charge is 0.248 e. The lowest BCUT2D eigenvalue weighted by Gasteiger charge is -2.18. The van der Waals surface area contributed by atoms with E-state index in [0.29, 0.717) is 24.9 Å². The molecule has 3 rings (SSSR count).